The smallest absolute Gasteiger partial charge is 0.102 e. The average molecular weight is 250 g/mol. The van der Waals surface area contributed by atoms with Crippen LogP contribution in [0.25, 0.3) is 0 Å². The van der Waals surface area contributed by atoms with Crippen molar-refractivity contribution in [2.45, 2.75) is 11.8 Å². The van der Waals surface area contributed by atoms with Crippen LogP contribution in [0.3, 0.4) is 0 Å². The Morgan fingerprint density at radius 1 is 1.47 bits per heavy atom. The second-order valence-electron chi connectivity index (χ2n) is 3.58. The first-order valence-electron chi connectivity index (χ1n) is 5.60. The maximum Gasteiger partial charge on any atom is 0.102 e. The van der Waals surface area contributed by atoms with Crippen molar-refractivity contribution in [2.24, 2.45) is 0 Å². The van der Waals surface area contributed by atoms with Crippen LogP contribution in [-0.2, 0) is 4.74 Å². The molecule has 0 fully saturated rings. The van der Waals surface area contributed by atoms with E-state index in [1.807, 2.05) is 38.4 Å². The van der Waals surface area contributed by atoms with Gasteiger partial charge in [0.05, 0.1) is 17.9 Å². The summed E-state index contributed by atoms with van der Waals surface area (Å²) in [5.74, 6) is 0. The molecule has 0 aliphatic carbocycles. The Morgan fingerprint density at radius 3 is 2.82 bits per heavy atom. The van der Waals surface area contributed by atoms with E-state index in [9.17, 15) is 5.26 Å². The molecule has 0 heterocycles. The van der Waals surface area contributed by atoms with Crippen molar-refractivity contribution in [3.05, 3.63) is 23.8 Å². The first-order chi connectivity index (χ1) is 8.24. The zero-order chi connectivity index (χ0) is 12.7. The third-order valence-electron chi connectivity index (χ3n) is 2.52. The minimum atomic E-state index is 0.682. The molecule has 0 unspecified atom stereocenters. The van der Waals surface area contributed by atoms with Gasteiger partial charge in [0, 0.05) is 25.1 Å². The summed E-state index contributed by atoms with van der Waals surface area (Å²) in [7, 11) is 1.99. The molecule has 1 aromatic rings. The first kappa shape index (κ1) is 13.9. The van der Waals surface area contributed by atoms with Crippen molar-refractivity contribution in [3.8, 4) is 6.07 Å². The second-order valence-corrected chi connectivity index (χ2v) is 4.43. The summed E-state index contributed by atoms with van der Waals surface area (Å²) < 4.78 is 5.33. The normalized spacial score (nSPS) is 10.0. The van der Waals surface area contributed by atoms with Gasteiger partial charge in [0.1, 0.15) is 6.07 Å². The van der Waals surface area contributed by atoms with Gasteiger partial charge in [-0.05, 0) is 25.3 Å². The van der Waals surface area contributed by atoms with Gasteiger partial charge >= 0.3 is 0 Å². The SMILES string of the molecule is CCOCCN(C)c1cccc(SC)c1C#N. The predicted molar refractivity (Wildman–Crippen MR) is 72.7 cm³/mol. The number of nitriles is 1. The molecule has 0 N–H and O–H groups in total. The molecule has 4 heteroatoms. The van der Waals surface area contributed by atoms with Crippen molar-refractivity contribution < 1.29 is 4.74 Å². The third kappa shape index (κ3) is 3.65. The molecule has 0 spiro atoms. The Hall–Kier alpha value is -1.18. The average Bonchev–Trinajstić information content (AvgIpc) is 2.37. The van der Waals surface area contributed by atoms with Crippen LogP contribution in [0.5, 0.6) is 0 Å². The monoisotopic (exact) mass is 250 g/mol. The van der Waals surface area contributed by atoms with E-state index in [4.69, 9.17) is 4.74 Å². The quantitative estimate of drug-likeness (QED) is 0.574. The fourth-order valence-electron chi connectivity index (χ4n) is 1.59. The number of ether oxygens (including phenoxy) is 1. The van der Waals surface area contributed by atoms with Crippen LogP contribution in [0.2, 0.25) is 0 Å². The van der Waals surface area contributed by atoms with Crippen LogP contribution in [-0.4, -0.2) is 33.1 Å². The summed E-state index contributed by atoms with van der Waals surface area (Å²) in [6, 6.07) is 8.22. The molecular weight excluding hydrogens is 232 g/mol. The van der Waals surface area contributed by atoms with E-state index in [0.717, 1.165) is 29.3 Å². The first-order valence-corrected chi connectivity index (χ1v) is 6.83. The van der Waals surface area contributed by atoms with Gasteiger partial charge in [0.25, 0.3) is 0 Å². The summed E-state index contributed by atoms with van der Waals surface area (Å²) in [6.07, 6.45) is 1.99. The number of likely N-dealkylation sites (N-methyl/N-ethyl adjacent to an activating group) is 1. The number of hydrogen-bond acceptors (Lipinski definition) is 4. The Labute approximate surface area is 107 Å². The van der Waals surface area contributed by atoms with Crippen molar-refractivity contribution in [1.29, 1.82) is 5.26 Å². The molecule has 0 aliphatic rings. The van der Waals surface area contributed by atoms with Gasteiger partial charge in [-0.25, -0.2) is 0 Å². The predicted octanol–water partition coefficient (Wildman–Crippen LogP) is 2.75. The molecule has 0 saturated carbocycles. The topological polar surface area (TPSA) is 36.3 Å². The van der Waals surface area contributed by atoms with Gasteiger partial charge in [0.15, 0.2) is 0 Å². The minimum Gasteiger partial charge on any atom is -0.380 e. The Bertz CT molecular complexity index is 401. The molecule has 1 aromatic carbocycles. The number of rotatable bonds is 6. The Balaban J connectivity index is 2.86. The van der Waals surface area contributed by atoms with Crippen LogP contribution in [0.1, 0.15) is 12.5 Å². The van der Waals surface area contributed by atoms with Crippen LogP contribution in [0.4, 0.5) is 5.69 Å². The molecule has 0 aromatic heterocycles. The molecule has 0 atom stereocenters. The highest BCUT2D eigenvalue weighted by Gasteiger charge is 2.10. The zero-order valence-electron chi connectivity index (χ0n) is 10.6. The van der Waals surface area contributed by atoms with Crippen LogP contribution < -0.4 is 4.90 Å². The zero-order valence-corrected chi connectivity index (χ0v) is 11.4. The largest absolute Gasteiger partial charge is 0.380 e. The van der Waals surface area contributed by atoms with Gasteiger partial charge in [-0.1, -0.05) is 6.07 Å². The molecule has 0 aliphatic heterocycles. The van der Waals surface area contributed by atoms with Crippen molar-refractivity contribution >= 4 is 17.4 Å². The number of nitrogens with zero attached hydrogens (tertiary/aromatic N) is 2. The lowest BCUT2D eigenvalue weighted by atomic mass is 10.2. The van der Waals surface area contributed by atoms with Gasteiger partial charge in [-0.2, -0.15) is 5.26 Å². The number of hydrogen-bond donors (Lipinski definition) is 0. The van der Waals surface area contributed by atoms with E-state index in [2.05, 4.69) is 11.0 Å². The number of anilines is 1. The summed E-state index contributed by atoms with van der Waals surface area (Å²) in [5.41, 5.74) is 1.72. The molecule has 92 valence electrons. The van der Waals surface area contributed by atoms with E-state index < -0.39 is 0 Å². The molecule has 0 radical (unpaired) electrons. The maximum absolute atomic E-state index is 9.23. The lowest BCUT2D eigenvalue weighted by Crippen LogP contribution is -2.23. The Kier molecular flexibility index (Phi) is 5.88. The minimum absolute atomic E-state index is 0.682. The number of thioether (sulfide) groups is 1. The van der Waals surface area contributed by atoms with Gasteiger partial charge in [0.2, 0.25) is 0 Å². The highest BCUT2D eigenvalue weighted by molar-refractivity contribution is 7.98. The van der Waals surface area contributed by atoms with E-state index in [-0.39, 0.29) is 0 Å². The van der Waals surface area contributed by atoms with Gasteiger partial charge in [-0.15, -0.1) is 11.8 Å². The van der Waals surface area contributed by atoms with Crippen LogP contribution in [0, 0.1) is 11.3 Å². The maximum atomic E-state index is 9.23. The van der Waals surface area contributed by atoms with Gasteiger partial charge in [-0.3, -0.25) is 0 Å². The third-order valence-corrected chi connectivity index (χ3v) is 3.30. The van der Waals surface area contributed by atoms with E-state index in [1.165, 1.54) is 0 Å². The molecule has 17 heavy (non-hydrogen) atoms. The molecule has 0 amide bonds. The molecule has 3 nitrogen and oxygen atoms in total. The standard InChI is InChI=1S/C13H18N2OS/c1-4-16-9-8-15(2)12-6-5-7-13(17-3)11(12)10-14/h5-7H,4,8-9H2,1-3H3. The summed E-state index contributed by atoms with van der Waals surface area (Å²) in [5, 5.41) is 9.23. The van der Waals surface area contributed by atoms with Gasteiger partial charge < -0.3 is 9.64 Å². The summed E-state index contributed by atoms with van der Waals surface area (Å²) in [4.78, 5) is 3.08. The lowest BCUT2D eigenvalue weighted by Gasteiger charge is -2.21. The van der Waals surface area contributed by atoms with Crippen molar-refractivity contribution in [2.75, 3.05) is 38.0 Å². The highest BCUT2D eigenvalue weighted by Crippen LogP contribution is 2.28. The summed E-state index contributed by atoms with van der Waals surface area (Å²) >= 11 is 1.60. The van der Waals surface area contributed by atoms with Crippen LogP contribution in [0.15, 0.2) is 23.1 Å². The molecule has 0 bridgehead atoms. The van der Waals surface area contributed by atoms with Crippen molar-refractivity contribution in [3.63, 3.8) is 0 Å². The Morgan fingerprint density at radius 2 is 2.24 bits per heavy atom. The molecular formula is C13H18N2OS. The molecule has 1 rings (SSSR count). The fraction of sp³-hybridized carbons (Fsp3) is 0.462. The van der Waals surface area contributed by atoms with E-state index >= 15 is 0 Å². The van der Waals surface area contributed by atoms with E-state index in [1.54, 1.807) is 11.8 Å². The molecule has 0 saturated heterocycles. The second kappa shape index (κ2) is 7.21. The highest BCUT2D eigenvalue weighted by atomic mass is 32.2. The number of benzene rings is 1. The van der Waals surface area contributed by atoms with Crippen molar-refractivity contribution in [1.82, 2.24) is 0 Å². The lowest BCUT2D eigenvalue weighted by molar-refractivity contribution is 0.154. The van der Waals surface area contributed by atoms with Crippen LogP contribution >= 0.6 is 11.8 Å². The fourth-order valence-corrected chi connectivity index (χ4v) is 2.16. The van der Waals surface area contributed by atoms with E-state index in [0.29, 0.717) is 6.61 Å². The summed E-state index contributed by atoms with van der Waals surface area (Å²) in [6.45, 7) is 4.18.